The topological polar surface area (TPSA) is 84.6 Å². The Kier molecular flexibility index (Phi) is 4.63. The second-order valence-electron chi connectivity index (χ2n) is 4.71. The number of nitrogens with one attached hydrogen (secondary N) is 1. The molecule has 0 aliphatic carbocycles. The average molecular weight is 254 g/mol. The van der Waals surface area contributed by atoms with Crippen LogP contribution >= 0.6 is 0 Å². The highest BCUT2D eigenvalue weighted by atomic mass is 16.6. The summed E-state index contributed by atoms with van der Waals surface area (Å²) in [5.74, 6) is 0.448. The molecule has 0 aromatic heterocycles. The van der Waals surface area contributed by atoms with E-state index in [9.17, 15) is 15.2 Å². The molecule has 0 heterocycles. The number of methoxy groups -OCH3 is 1. The molecular weight excluding hydrogens is 236 g/mol. The number of aliphatic hydroxyl groups is 1. The first-order valence-corrected chi connectivity index (χ1v) is 5.57. The first-order valence-electron chi connectivity index (χ1n) is 5.57. The summed E-state index contributed by atoms with van der Waals surface area (Å²) in [6.07, 6.45) is 0. The third kappa shape index (κ3) is 4.68. The Morgan fingerprint density at radius 3 is 2.61 bits per heavy atom. The van der Waals surface area contributed by atoms with Crippen LogP contribution in [-0.4, -0.2) is 29.3 Å². The van der Waals surface area contributed by atoms with Crippen LogP contribution in [0.5, 0.6) is 5.75 Å². The molecule has 0 unspecified atom stereocenters. The van der Waals surface area contributed by atoms with Crippen molar-refractivity contribution in [2.24, 2.45) is 0 Å². The molecule has 1 aromatic carbocycles. The third-order valence-corrected chi connectivity index (χ3v) is 2.28. The fraction of sp³-hybridized carbons (Fsp3) is 0.500. The number of nitrogens with zero attached hydrogens (tertiary/aromatic N) is 1. The quantitative estimate of drug-likeness (QED) is 0.593. The van der Waals surface area contributed by atoms with Crippen LogP contribution in [0.3, 0.4) is 0 Å². The van der Waals surface area contributed by atoms with Crippen molar-refractivity contribution in [1.82, 2.24) is 5.32 Å². The molecule has 6 heteroatoms. The van der Waals surface area contributed by atoms with Gasteiger partial charge in [-0.3, -0.25) is 10.1 Å². The molecule has 0 saturated carbocycles. The van der Waals surface area contributed by atoms with Crippen LogP contribution in [0.4, 0.5) is 5.69 Å². The van der Waals surface area contributed by atoms with Crippen molar-refractivity contribution >= 4 is 5.69 Å². The second kappa shape index (κ2) is 5.79. The molecule has 18 heavy (non-hydrogen) atoms. The molecule has 6 nitrogen and oxygen atoms in total. The number of rotatable bonds is 6. The molecule has 0 bridgehead atoms. The second-order valence-corrected chi connectivity index (χ2v) is 4.71. The number of nitro groups is 1. The highest BCUT2D eigenvalue weighted by Crippen LogP contribution is 2.22. The van der Waals surface area contributed by atoms with Crippen LogP contribution < -0.4 is 10.1 Å². The Labute approximate surface area is 106 Å². The molecule has 0 radical (unpaired) electrons. The Morgan fingerprint density at radius 1 is 1.44 bits per heavy atom. The molecule has 0 atom stereocenters. The highest BCUT2D eigenvalue weighted by molar-refractivity contribution is 5.42. The lowest BCUT2D eigenvalue weighted by Crippen LogP contribution is -2.34. The van der Waals surface area contributed by atoms with Gasteiger partial charge in [0, 0.05) is 19.2 Å². The van der Waals surface area contributed by atoms with Crippen molar-refractivity contribution in [3.63, 3.8) is 0 Å². The summed E-state index contributed by atoms with van der Waals surface area (Å²) in [7, 11) is 1.47. The van der Waals surface area contributed by atoms with Crippen LogP contribution in [0.25, 0.3) is 0 Å². The van der Waals surface area contributed by atoms with Gasteiger partial charge in [-0.15, -0.1) is 0 Å². The molecular formula is C12H18N2O4. The van der Waals surface area contributed by atoms with Crippen molar-refractivity contribution in [2.75, 3.05) is 13.7 Å². The van der Waals surface area contributed by atoms with E-state index in [4.69, 9.17) is 4.74 Å². The van der Waals surface area contributed by atoms with E-state index >= 15 is 0 Å². The molecule has 100 valence electrons. The molecule has 0 saturated heterocycles. The van der Waals surface area contributed by atoms with Gasteiger partial charge in [0.25, 0.3) is 5.69 Å². The van der Waals surface area contributed by atoms with Gasteiger partial charge in [0.1, 0.15) is 5.75 Å². The molecule has 0 fully saturated rings. The first-order chi connectivity index (χ1) is 8.31. The predicted octanol–water partition coefficient (Wildman–Crippen LogP) is 1.46. The molecule has 0 amide bonds. The van der Waals surface area contributed by atoms with Crippen molar-refractivity contribution in [2.45, 2.75) is 26.0 Å². The van der Waals surface area contributed by atoms with Gasteiger partial charge >= 0.3 is 0 Å². The van der Waals surface area contributed by atoms with Crippen molar-refractivity contribution in [3.8, 4) is 5.75 Å². The number of benzene rings is 1. The molecule has 0 aliphatic heterocycles. The Balaban J connectivity index is 2.76. The van der Waals surface area contributed by atoms with E-state index in [1.165, 1.54) is 19.2 Å². The zero-order valence-corrected chi connectivity index (χ0v) is 10.8. The normalized spacial score (nSPS) is 11.3. The SMILES string of the molecule is COc1cc(CNCC(C)(C)O)cc([N+](=O)[O-])c1. The monoisotopic (exact) mass is 254 g/mol. The Hall–Kier alpha value is -1.66. The molecule has 1 rings (SSSR count). The fourth-order valence-corrected chi connectivity index (χ4v) is 1.48. The van der Waals surface area contributed by atoms with Crippen LogP contribution in [0.2, 0.25) is 0 Å². The minimum atomic E-state index is -0.815. The summed E-state index contributed by atoms with van der Waals surface area (Å²) in [6, 6.07) is 4.59. The van der Waals surface area contributed by atoms with Gasteiger partial charge < -0.3 is 15.2 Å². The smallest absolute Gasteiger partial charge is 0.273 e. The van der Waals surface area contributed by atoms with E-state index in [1.54, 1.807) is 19.9 Å². The predicted molar refractivity (Wildman–Crippen MR) is 67.7 cm³/mol. The Bertz CT molecular complexity index is 427. The lowest BCUT2D eigenvalue weighted by atomic mass is 10.1. The van der Waals surface area contributed by atoms with Gasteiger partial charge in [-0.05, 0) is 25.5 Å². The maximum atomic E-state index is 10.7. The standard InChI is InChI=1S/C12H18N2O4/c1-12(2,15)8-13-7-9-4-10(14(16)17)6-11(5-9)18-3/h4-6,13,15H,7-8H2,1-3H3. The van der Waals surface area contributed by atoms with E-state index in [1.807, 2.05) is 0 Å². The molecule has 0 spiro atoms. The molecule has 1 aromatic rings. The number of nitro benzene ring substituents is 1. The van der Waals surface area contributed by atoms with E-state index in [-0.39, 0.29) is 5.69 Å². The lowest BCUT2D eigenvalue weighted by Gasteiger charge is -2.17. The third-order valence-electron chi connectivity index (χ3n) is 2.28. The Morgan fingerprint density at radius 2 is 2.11 bits per heavy atom. The summed E-state index contributed by atoms with van der Waals surface area (Å²) in [4.78, 5) is 10.3. The fourth-order valence-electron chi connectivity index (χ4n) is 1.48. The number of hydrogen-bond acceptors (Lipinski definition) is 5. The minimum Gasteiger partial charge on any atom is -0.496 e. The zero-order valence-electron chi connectivity index (χ0n) is 10.8. The molecule has 0 aliphatic rings. The summed E-state index contributed by atoms with van der Waals surface area (Å²) in [5.41, 5.74) is -0.0788. The van der Waals surface area contributed by atoms with Crippen LogP contribution in [0, 0.1) is 10.1 Å². The maximum Gasteiger partial charge on any atom is 0.273 e. The van der Waals surface area contributed by atoms with Gasteiger partial charge in [0.05, 0.1) is 23.7 Å². The van der Waals surface area contributed by atoms with Crippen molar-refractivity contribution in [3.05, 3.63) is 33.9 Å². The highest BCUT2D eigenvalue weighted by Gasteiger charge is 2.13. The van der Waals surface area contributed by atoms with E-state index in [0.29, 0.717) is 18.8 Å². The van der Waals surface area contributed by atoms with Gasteiger partial charge in [-0.2, -0.15) is 0 Å². The maximum absolute atomic E-state index is 10.7. The lowest BCUT2D eigenvalue weighted by molar-refractivity contribution is -0.385. The van der Waals surface area contributed by atoms with E-state index in [0.717, 1.165) is 5.56 Å². The van der Waals surface area contributed by atoms with Crippen LogP contribution in [0.15, 0.2) is 18.2 Å². The van der Waals surface area contributed by atoms with Gasteiger partial charge in [-0.1, -0.05) is 0 Å². The van der Waals surface area contributed by atoms with Gasteiger partial charge in [0.2, 0.25) is 0 Å². The summed E-state index contributed by atoms with van der Waals surface area (Å²) in [6.45, 7) is 4.21. The van der Waals surface area contributed by atoms with Gasteiger partial charge in [-0.25, -0.2) is 0 Å². The summed E-state index contributed by atoms with van der Waals surface area (Å²) in [5, 5.41) is 23.3. The van der Waals surface area contributed by atoms with Crippen LogP contribution in [-0.2, 0) is 6.54 Å². The minimum absolute atomic E-state index is 0.00518. The largest absolute Gasteiger partial charge is 0.496 e. The summed E-state index contributed by atoms with van der Waals surface area (Å²) >= 11 is 0. The molecule has 2 N–H and O–H groups in total. The van der Waals surface area contributed by atoms with Crippen molar-refractivity contribution in [1.29, 1.82) is 0 Å². The number of hydrogen-bond donors (Lipinski definition) is 2. The van der Waals surface area contributed by atoms with Crippen LogP contribution in [0.1, 0.15) is 19.4 Å². The van der Waals surface area contributed by atoms with E-state index < -0.39 is 10.5 Å². The average Bonchev–Trinajstić information content (AvgIpc) is 2.26. The first kappa shape index (κ1) is 14.4. The van der Waals surface area contributed by atoms with Crippen molar-refractivity contribution < 1.29 is 14.8 Å². The van der Waals surface area contributed by atoms with E-state index in [2.05, 4.69) is 5.32 Å². The number of ether oxygens (including phenoxy) is 1. The van der Waals surface area contributed by atoms with Gasteiger partial charge in [0.15, 0.2) is 0 Å². The summed E-state index contributed by atoms with van der Waals surface area (Å²) < 4.78 is 5.01. The zero-order chi connectivity index (χ0) is 13.8. The number of non-ortho nitro benzene ring substituents is 1.